The van der Waals surface area contributed by atoms with E-state index in [1.165, 1.54) is 0 Å². The van der Waals surface area contributed by atoms with Crippen LogP contribution in [0.2, 0.25) is 0 Å². The zero-order chi connectivity index (χ0) is 16.8. The van der Waals surface area contributed by atoms with Crippen LogP contribution in [-0.2, 0) is 9.59 Å². The first-order chi connectivity index (χ1) is 11.0. The number of carbonyl (C=O) groups excluding carboxylic acids is 2. The van der Waals surface area contributed by atoms with Crippen molar-refractivity contribution in [3.8, 4) is 0 Å². The second-order valence-electron chi connectivity index (χ2n) is 6.87. The summed E-state index contributed by atoms with van der Waals surface area (Å²) in [4.78, 5) is 31.8. The number of aliphatic hydroxyl groups excluding tert-OH is 1. The molecule has 0 unspecified atom stereocenters. The third-order valence-corrected chi connectivity index (χ3v) is 4.52. The first-order valence-corrected chi connectivity index (χ1v) is 8.56. The summed E-state index contributed by atoms with van der Waals surface area (Å²) in [6.07, 6.45) is 2.15. The van der Waals surface area contributed by atoms with Crippen molar-refractivity contribution < 1.29 is 14.7 Å². The first kappa shape index (κ1) is 18.2. The molecule has 0 bridgehead atoms. The van der Waals surface area contributed by atoms with Gasteiger partial charge in [0.25, 0.3) is 0 Å². The van der Waals surface area contributed by atoms with Gasteiger partial charge in [-0.15, -0.1) is 0 Å². The first-order valence-electron chi connectivity index (χ1n) is 8.56. The van der Waals surface area contributed by atoms with Gasteiger partial charge in [-0.1, -0.05) is 0 Å². The third-order valence-electron chi connectivity index (χ3n) is 4.52. The summed E-state index contributed by atoms with van der Waals surface area (Å²) in [7, 11) is 3.89. The van der Waals surface area contributed by atoms with Gasteiger partial charge in [0.1, 0.15) is 0 Å². The molecule has 2 fully saturated rings. The highest BCUT2D eigenvalue weighted by atomic mass is 16.3. The van der Waals surface area contributed by atoms with Crippen molar-refractivity contribution in [1.82, 2.24) is 19.6 Å². The van der Waals surface area contributed by atoms with Crippen LogP contribution in [0.5, 0.6) is 0 Å². The predicted molar refractivity (Wildman–Crippen MR) is 88.0 cm³/mol. The van der Waals surface area contributed by atoms with Gasteiger partial charge in [0.15, 0.2) is 0 Å². The van der Waals surface area contributed by atoms with E-state index in [2.05, 4.69) is 4.90 Å². The fraction of sp³-hybridized carbons (Fsp3) is 0.875. The molecular weight excluding hydrogens is 296 g/mol. The number of amides is 2. The number of piperazine rings is 1. The minimum atomic E-state index is -0.363. The number of piperidine rings is 1. The van der Waals surface area contributed by atoms with Crippen LogP contribution in [0.4, 0.5) is 0 Å². The topological polar surface area (TPSA) is 67.3 Å². The summed E-state index contributed by atoms with van der Waals surface area (Å²) in [5.74, 6) is 0.156. The number of likely N-dealkylation sites (tertiary alicyclic amines) is 1. The Morgan fingerprint density at radius 3 is 2.48 bits per heavy atom. The summed E-state index contributed by atoms with van der Waals surface area (Å²) in [6, 6.07) is 0. The van der Waals surface area contributed by atoms with Crippen molar-refractivity contribution in [2.24, 2.45) is 0 Å². The maximum absolute atomic E-state index is 12.3. The zero-order valence-corrected chi connectivity index (χ0v) is 14.4. The SMILES string of the molecule is CN(C)C[C@@H](O)CN1CCN(C(=O)CN2CCCCC2=O)CC1. The molecule has 2 rings (SSSR count). The molecule has 2 saturated heterocycles. The second kappa shape index (κ2) is 8.61. The van der Waals surface area contributed by atoms with Crippen LogP contribution in [0.15, 0.2) is 0 Å². The summed E-state index contributed by atoms with van der Waals surface area (Å²) < 4.78 is 0. The molecule has 0 aromatic heterocycles. The number of aliphatic hydroxyl groups is 1. The smallest absolute Gasteiger partial charge is 0.242 e. The van der Waals surface area contributed by atoms with Gasteiger partial charge < -0.3 is 19.8 Å². The van der Waals surface area contributed by atoms with Crippen LogP contribution in [0.1, 0.15) is 19.3 Å². The number of carbonyl (C=O) groups is 2. The molecule has 0 saturated carbocycles. The van der Waals surface area contributed by atoms with Crippen LogP contribution >= 0.6 is 0 Å². The lowest BCUT2D eigenvalue weighted by Gasteiger charge is -2.37. The molecule has 1 atom stereocenters. The van der Waals surface area contributed by atoms with Gasteiger partial charge in [0.2, 0.25) is 11.8 Å². The van der Waals surface area contributed by atoms with E-state index in [9.17, 15) is 14.7 Å². The third kappa shape index (κ3) is 5.75. The van der Waals surface area contributed by atoms with Crippen molar-refractivity contribution in [3.63, 3.8) is 0 Å². The van der Waals surface area contributed by atoms with Gasteiger partial charge in [-0.3, -0.25) is 14.5 Å². The van der Waals surface area contributed by atoms with Gasteiger partial charge in [-0.05, 0) is 26.9 Å². The Balaban J connectivity index is 1.71. The number of β-amino-alcohol motifs (C(OH)–C–C–N with tert-alkyl or cyclic N) is 1. The molecule has 2 aliphatic rings. The Hall–Kier alpha value is -1.18. The fourth-order valence-electron chi connectivity index (χ4n) is 3.25. The average Bonchev–Trinajstić information content (AvgIpc) is 2.49. The van der Waals surface area contributed by atoms with E-state index >= 15 is 0 Å². The molecule has 7 nitrogen and oxygen atoms in total. The van der Waals surface area contributed by atoms with E-state index in [1.54, 1.807) is 4.90 Å². The highest BCUT2D eigenvalue weighted by Crippen LogP contribution is 2.11. The van der Waals surface area contributed by atoms with E-state index in [0.717, 1.165) is 25.9 Å². The lowest BCUT2D eigenvalue weighted by molar-refractivity contribution is -0.142. The number of nitrogens with zero attached hydrogens (tertiary/aromatic N) is 4. The van der Waals surface area contributed by atoms with Gasteiger partial charge in [0.05, 0.1) is 12.6 Å². The van der Waals surface area contributed by atoms with Crippen LogP contribution < -0.4 is 0 Å². The molecule has 1 N–H and O–H groups in total. The predicted octanol–water partition coefficient (Wildman–Crippen LogP) is -0.934. The van der Waals surface area contributed by atoms with Crippen molar-refractivity contribution >= 4 is 11.8 Å². The number of rotatable bonds is 6. The molecule has 0 aliphatic carbocycles. The average molecular weight is 326 g/mol. The molecule has 0 aromatic rings. The summed E-state index contributed by atoms with van der Waals surface area (Å²) in [6.45, 7) is 5.14. The molecule has 0 aromatic carbocycles. The van der Waals surface area contributed by atoms with Crippen LogP contribution in [-0.4, -0.2) is 109 Å². The van der Waals surface area contributed by atoms with Gasteiger partial charge in [-0.2, -0.15) is 0 Å². The molecule has 2 aliphatic heterocycles. The molecule has 2 heterocycles. The van der Waals surface area contributed by atoms with Gasteiger partial charge in [0, 0.05) is 52.2 Å². The van der Waals surface area contributed by atoms with E-state index in [-0.39, 0.29) is 24.5 Å². The molecule has 7 heteroatoms. The molecule has 2 amide bonds. The number of hydrogen-bond donors (Lipinski definition) is 1. The van der Waals surface area contributed by atoms with Gasteiger partial charge >= 0.3 is 0 Å². The van der Waals surface area contributed by atoms with Crippen molar-refractivity contribution in [2.75, 3.05) is 66.5 Å². The Morgan fingerprint density at radius 2 is 1.87 bits per heavy atom. The maximum atomic E-state index is 12.3. The quantitative estimate of drug-likeness (QED) is 0.683. The lowest BCUT2D eigenvalue weighted by Crippen LogP contribution is -2.53. The minimum Gasteiger partial charge on any atom is -0.390 e. The van der Waals surface area contributed by atoms with E-state index in [4.69, 9.17) is 0 Å². The van der Waals surface area contributed by atoms with Crippen molar-refractivity contribution in [1.29, 1.82) is 0 Å². The van der Waals surface area contributed by atoms with E-state index in [1.807, 2.05) is 23.9 Å². The maximum Gasteiger partial charge on any atom is 0.242 e. The summed E-state index contributed by atoms with van der Waals surface area (Å²) >= 11 is 0. The van der Waals surface area contributed by atoms with Crippen LogP contribution in [0.25, 0.3) is 0 Å². The van der Waals surface area contributed by atoms with E-state index in [0.29, 0.717) is 39.1 Å². The largest absolute Gasteiger partial charge is 0.390 e. The number of likely N-dealkylation sites (N-methyl/N-ethyl adjacent to an activating group) is 1. The molecule has 0 radical (unpaired) electrons. The fourth-order valence-corrected chi connectivity index (χ4v) is 3.25. The highest BCUT2D eigenvalue weighted by Gasteiger charge is 2.26. The lowest BCUT2D eigenvalue weighted by atomic mass is 10.1. The Kier molecular flexibility index (Phi) is 6.80. The number of hydrogen-bond acceptors (Lipinski definition) is 5. The van der Waals surface area contributed by atoms with Crippen LogP contribution in [0, 0.1) is 0 Å². The molecule has 132 valence electrons. The summed E-state index contributed by atoms with van der Waals surface area (Å²) in [5, 5.41) is 9.98. The molecule has 0 spiro atoms. The highest BCUT2D eigenvalue weighted by molar-refractivity contribution is 5.85. The Labute approximate surface area is 138 Å². The van der Waals surface area contributed by atoms with Crippen LogP contribution in [0.3, 0.4) is 0 Å². The standard InChI is InChI=1S/C16H30N4O3/c1-17(2)11-14(21)12-18-7-9-19(10-8-18)16(23)13-20-6-4-3-5-15(20)22/h14,21H,3-13H2,1-2H3/t14-/m1/s1. The second-order valence-corrected chi connectivity index (χ2v) is 6.87. The minimum absolute atomic E-state index is 0.0498. The molecular formula is C16H30N4O3. The summed E-state index contributed by atoms with van der Waals surface area (Å²) in [5.41, 5.74) is 0. The van der Waals surface area contributed by atoms with Crippen molar-refractivity contribution in [2.45, 2.75) is 25.4 Å². The van der Waals surface area contributed by atoms with E-state index < -0.39 is 0 Å². The Morgan fingerprint density at radius 1 is 1.17 bits per heavy atom. The van der Waals surface area contributed by atoms with Crippen molar-refractivity contribution in [3.05, 3.63) is 0 Å². The normalized spacial score (nSPS) is 21.8. The molecule has 23 heavy (non-hydrogen) atoms. The zero-order valence-electron chi connectivity index (χ0n) is 14.4. The van der Waals surface area contributed by atoms with Gasteiger partial charge in [-0.25, -0.2) is 0 Å². The Bertz CT molecular complexity index is 408. The monoisotopic (exact) mass is 326 g/mol.